The molecule has 0 amide bonds. The molecule has 0 aliphatic carbocycles. The second-order valence-electron chi connectivity index (χ2n) is 14.3. The summed E-state index contributed by atoms with van der Waals surface area (Å²) in [5, 5.41) is 10.3. The Morgan fingerprint density at radius 1 is 0.414 bits per heavy atom. The second kappa shape index (κ2) is 35.8. The van der Waals surface area contributed by atoms with E-state index in [1.165, 1.54) is 12.8 Å². The number of aliphatic hydroxyl groups is 1. The van der Waals surface area contributed by atoms with Crippen LogP contribution in [0.1, 0.15) is 169 Å². The van der Waals surface area contributed by atoms with Crippen molar-refractivity contribution in [2.24, 2.45) is 0 Å². The van der Waals surface area contributed by atoms with E-state index in [9.17, 15) is 43.2 Å². The first-order chi connectivity index (χ1) is 27.7. The third-order valence-corrected chi connectivity index (χ3v) is 10.5. The first kappa shape index (κ1) is 56.1. The maximum absolute atomic E-state index is 12.6. The number of phosphoric ester groups is 2. The van der Waals surface area contributed by atoms with Gasteiger partial charge in [-0.05, 0) is 25.7 Å². The highest BCUT2D eigenvalue weighted by Crippen LogP contribution is 2.45. The van der Waals surface area contributed by atoms with Crippen LogP contribution in [0, 0.1) is 0 Å². The Balaban J connectivity index is 5.02. The van der Waals surface area contributed by atoms with E-state index < -0.39 is 97.5 Å². The van der Waals surface area contributed by atoms with Crippen LogP contribution in [0.25, 0.3) is 0 Å². The average molecular weight is 877 g/mol. The molecule has 3 N–H and O–H groups in total. The van der Waals surface area contributed by atoms with Crippen molar-refractivity contribution in [3.8, 4) is 0 Å². The third-order valence-electron chi connectivity index (χ3n) is 8.60. The minimum atomic E-state index is -4.89. The zero-order chi connectivity index (χ0) is 43.5. The summed E-state index contributed by atoms with van der Waals surface area (Å²) in [5.41, 5.74) is 0. The maximum atomic E-state index is 12.6. The van der Waals surface area contributed by atoms with E-state index in [0.717, 1.165) is 77.0 Å². The van der Waals surface area contributed by atoms with E-state index in [2.05, 4.69) is 13.8 Å². The fourth-order valence-electron chi connectivity index (χ4n) is 5.19. The zero-order valence-electron chi connectivity index (χ0n) is 35.5. The molecule has 0 bridgehead atoms. The van der Waals surface area contributed by atoms with E-state index in [1.54, 1.807) is 0 Å². The Hall–Kier alpha value is -1.94. The highest BCUT2D eigenvalue weighted by atomic mass is 31.2. The largest absolute Gasteiger partial charge is 0.472 e. The SMILES string of the molecule is CCCCCCCCCCC(=O)O[C@H](COC(=O)CCCC)COP(=O)(O)OC[C@@H](O)COP(=O)(O)OC[C@@H](COC(=O)CCCCC)OC(=O)CCCCCCC. The molecular weight excluding hydrogens is 802 g/mol. The summed E-state index contributed by atoms with van der Waals surface area (Å²) in [4.78, 5) is 69.5. The standard InChI is InChI=1S/C39H74O17P2/c1-5-9-13-15-16-17-19-22-26-39(44)55-34(29-49-36(41)23-12-8-4)31-53-57(45,46)51-27-33(40)28-52-58(47,48)54-32-35(30-50-37(42)24-20-11-7-3)56-38(43)25-21-18-14-10-6-2/h33-35,40H,5-32H2,1-4H3,(H,45,46)(H,47,48)/t33-,34-,35-/m1/s1. The van der Waals surface area contributed by atoms with Crippen molar-refractivity contribution in [3.63, 3.8) is 0 Å². The van der Waals surface area contributed by atoms with Crippen molar-refractivity contribution in [2.45, 2.75) is 187 Å². The number of rotatable bonds is 40. The van der Waals surface area contributed by atoms with Gasteiger partial charge in [0.1, 0.15) is 19.3 Å². The molecule has 0 spiro atoms. The van der Waals surface area contributed by atoms with Gasteiger partial charge < -0.3 is 33.8 Å². The van der Waals surface area contributed by atoms with Crippen LogP contribution in [0.5, 0.6) is 0 Å². The zero-order valence-corrected chi connectivity index (χ0v) is 37.3. The number of carbonyl (C=O) groups is 4. The summed E-state index contributed by atoms with van der Waals surface area (Å²) in [6, 6.07) is 0. The molecule has 0 saturated carbocycles. The van der Waals surface area contributed by atoms with Crippen molar-refractivity contribution in [1.82, 2.24) is 0 Å². The molecular formula is C39H74O17P2. The van der Waals surface area contributed by atoms with Gasteiger partial charge in [0.25, 0.3) is 0 Å². The minimum absolute atomic E-state index is 0.0974. The van der Waals surface area contributed by atoms with E-state index in [-0.39, 0.29) is 25.7 Å². The lowest BCUT2D eigenvalue weighted by Crippen LogP contribution is -2.30. The van der Waals surface area contributed by atoms with Gasteiger partial charge >= 0.3 is 39.5 Å². The number of carbonyl (C=O) groups excluding carboxylic acids is 4. The third kappa shape index (κ3) is 34.9. The fourth-order valence-corrected chi connectivity index (χ4v) is 6.77. The topological polar surface area (TPSA) is 237 Å². The predicted molar refractivity (Wildman–Crippen MR) is 215 cm³/mol. The van der Waals surface area contributed by atoms with Crippen LogP contribution in [0.4, 0.5) is 0 Å². The molecule has 17 nitrogen and oxygen atoms in total. The Kier molecular flexibility index (Phi) is 34.6. The van der Waals surface area contributed by atoms with Crippen LogP contribution in [0.3, 0.4) is 0 Å². The first-order valence-electron chi connectivity index (χ1n) is 21.3. The highest BCUT2D eigenvalue weighted by molar-refractivity contribution is 7.47. The van der Waals surface area contributed by atoms with Crippen molar-refractivity contribution in [2.75, 3.05) is 39.6 Å². The summed E-state index contributed by atoms with van der Waals surface area (Å²) in [5.74, 6) is -2.25. The van der Waals surface area contributed by atoms with Gasteiger partial charge in [0.2, 0.25) is 0 Å². The number of hydrogen-bond acceptors (Lipinski definition) is 15. The lowest BCUT2D eigenvalue weighted by molar-refractivity contribution is -0.161. The summed E-state index contributed by atoms with van der Waals surface area (Å²) in [7, 11) is -9.79. The predicted octanol–water partition coefficient (Wildman–Crippen LogP) is 8.19. The molecule has 5 atom stereocenters. The Bertz CT molecular complexity index is 1190. The number of hydrogen-bond donors (Lipinski definition) is 3. The van der Waals surface area contributed by atoms with Gasteiger partial charge in [-0.15, -0.1) is 0 Å². The molecule has 0 aromatic heterocycles. The molecule has 0 rings (SSSR count). The Morgan fingerprint density at radius 3 is 1.10 bits per heavy atom. The molecule has 58 heavy (non-hydrogen) atoms. The molecule has 342 valence electrons. The average Bonchev–Trinajstić information content (AvgIpc) is 3.18. The van der Waals surface area contributed by atoms with Crippen LogP contribution in [-0.4, -0.2) is 96.7 Å². The van der Waals surface area contributed by atoms with Crippen LogP contribution < -0.4 is 0 Å². The van der Waals surface area contributed by atoms with Crippen LogP contribution in [0.2, 0.25) is 0 Å². The molecule has 0 fully saturated rings. The smallest absolute Gasteiger partial charge is 0.462 e. The highest BCUT2D eigenvalue weighted by Gasteiger charge is 2.30. The van der Waals surface area contributed by atoms with E-state index in [0.29, 0.717) is 25.7 Å². The van der Waals surface area contributed by atoms with Gasteiger partial charge in [-0.2, -0.15) is 0 Å². The minimum Gasteiger partial charge on any atom is -0.462 e. The monoisotopic (exact) mass is 876 g/mol. The van der Waals surface area contributed by atoms with Crippen molar-refractivity contribution >= 4 is 39.5 Å². The number of phosphoric acid groups is 2. The number of ether oxygens (including phenoxy) is 4. The van der Waals surface area contributed by atoms with Crippen molar-refractivity contribution < 1.29 is 80.2 Å². The Labute approximate surface area is 346 Å². The summed E-state index contributed by atoms with van der Waals surface area (Å²) < 4.78 is 65.8. The van der Waals surface area contributed by atoms with Gasteiger partial charge in [0.15, 0.2) is 12.2 Å². The fraction of sp³-hybridized carbons (Fsp3) is 0.897. The quantitative estimate of drug-likeness (QED) is 0.0228. The number of esters is 4. The lowest BCUT2D eigenvalue weighted by atomic mass is 10.1. The van der Waals surface area contributed by atoms with Crippen molar-refractivity contribution in [3.05, 3.63) is 0 Å². The molecule has 0 saturated heterocycles. The summed E-state index contributed by atoms with van der Waals surface area (Å²) in [6.07, 6.45) is 12.7. The van der Waals surface area contributed by atoms with Gasteiger partial charge in [0.05, 0.1) is 26.4 Å². The summed E-state index contributed by atoms with van der Waals surface area (Å²) >= 11 is 0. The lowest BCUT2D eigenvalue weighted by Gasteiger charge is -2.21. The van der Waals surface area contributed by atoms with Crippen LogP contribution in [-0.2, 0) is 65.4 Å². The molecule has 2 unspecified atom stereocenters. The maximum Gasteiger partial charge on any atom is 0.472 e. The molecule has 19 heteroatoms. The molecule has 0 radical (unpaired) electrons. The van der Waals surface area contributed by atoms with E-state index >= 15 is 0 Å². The molecule has 0 aliphatic heterocycles. The van der Waals surface area contributed by atoms with Crippen molar-refractivity contribution in [1.29, 1.82) is 0 Å². The van der Waals surface area contributed by atoms with Gasteiger partial charge in [-0.3, -0.25) is 37.3 Å². The molecule has 0 aliphatic rings. The molecule has 0 heterocycles. The second-order valence-corrected chi connectivity index (χ2v) is 17.2. The number of unbranched alkanes of at least 4 members (excludes halogenated alkanes) is 14. The van der Waals surface area contributed by atoms with Crippen LogP contribution >= 0.6 is 15.6 Å². The first-order valence-corrected chi connectivity index (χ1v) is 24.3. The molecule has 0 aromatic carbocycles. The van der Waals surface area contributed by atoms with Crippen LogP contribution in [0.15, 0.2) is 0 Å². The Morgan fingerprint density at radius 2 is 0.707 bits per heavy atom. The molecule has 0 aromatic rings. The summed E-state index contributed by atoms with van der Waals surface area (Å²) in [6.45, 7) is 4.12. The van der Waals surface area contributed by atoms with Gasteiger partial charge in [0, 0.05) is 25.7 Å². The van der Waals surface area contributed by atoms with E-state index in [1.807, 2.05) is 13.8 Å². The van der Waals surface area contributed by atoms with E-state index in [4.69, 9.17) is 37.0 Å². The normalized spacial score (nSPS) is 15.1. The van der Waals surface area contributed by atoms with Gasteiger partial charge in [-0.1, -0.05) is 118 Å². The number of aliphatic hydroxyl groups excluding tert-OH is 1. The van der Waals surface area contributed by atoms with Gasteiger partial charge in [-0.25, -0.2) is 9.13 Å².